The minimum atomic E-state index is -0.0329. The molecule has 0 saturated carbocycles. The highest BCUT2D eigenvalue weighted by Gasteiger charge is 2.13. The van der Waals surface area contributed by atoms with E-state index >= 15 is 0 Å². The van der Waals surface area contributed by atoms with Crippen LogP contribution < -0.4 is 10.6 Å². The molecule has 4 nitrogen and oxygen atoms in total. The van der Waals surface area contributed by atoms with Crippen molar-refractivity contribution in [3.8, 4) is 0 Å². The molecule has 2 heterocycles. The number of hydrogen-bond acceptors (Lipinski definition) is 4. The Morgan fingerprint density at radius 3 is 2.78 bits per heavy atom. The molecule has 0 aliphatic carbocycles. The maximum absolute atomic E-state index is 5.96. The number of nitrogens with two attached hydrogens (primary N) is 1. The minimum Gasteiger partial charge on any atom is -0.464 e. The molecule has 0 bridgehead atoms. The number of pyridine rings is 1. The van der Waals surface area contributed by atoms with E-state index in [1.165, 1.54) is 0 Å². The van der Waals surface area contributed by atoms with Gasteiger partial charge in [-0.2, -0.15) is 0 Å². The Kier molecular flexibility index (Phi) is 3.67. The standard InChI is InChI=1S/C14H19N3O/c1-10-6-7-12(18-10)9-17(3)14-13(11(2)15)5-4-8-16-14/h4-8,11H,9,15H2,1-3H3/t11-/m0/s1. The van der Waals surface area contributed by atoms with E-state index in [-0.39, 0.29) is 6.04 Å². The van der Waals surface area contributed by atoms with Gasteiger partial charge >= 0.3 is 0 Å². The third-order valence-corrected chi connectivity index (χ3v) is 2.86. The largest absolute Gasteiger partial charge is 0.464 e. The van der Waals surface area contributed by atoms with Crippen molar-refractivity contribution in [3.63, 3.8) is 0 Å². The molecule has 1 atom stereocenters. The summed E-state index contributed by atoms with van der Waals surface area (Å²) < 4.78 is 5.58. The summed E-state index contributed by atoms with van der Waals surface area (Å²) in [6.45, 7) is 4.59. The first-order valence-electron chi connectivity index (χ1n) is 6.05. The van der Waals surface area contributed by atoms with Crippen LogP contribution in [0.1, 0.15) is 30.0 Å². The van der Waals surface area contributed by atoms with Gasteiger partial charge < -0.3 is 15.1 Å². The van der Waals surface area contributed by atoms with Crippen LogP contribution in [0.4, 0.5) is 5.82 Å². The Balaban J connectivity index is 2.20. The summed E-state index contributed by atoms with van der Waals surface area (Å²) in [6, 6.07) is 7.84. The highest BCUT2D eigenvalue weighted by Crippen LogP contribution is 2.23. The molecule has 2 rings (SSSR count). The first-order chi connectivity index (χ1) is 8.58. The van der Waals surface area contributed by atoms with Crippen molar-refractivity contribution in [1.29, 1.82) is 0 Å². The Bertz CT molecular complexity index is 519. The van der Waals surface area contributed by atoms with Crippen LogP contribution in [0.2, 0.25) is 0 Å². The van der Waals surface area contributed by atoms with Crippen molar-refractivity contribution < 1.29 is 4.42 Å². The first-order valence-corrected chi connectivity index (χ1v) is 6.05. The van der Waals surface area contributed by atoms with Crippen LogP contribution >= 0.6 is 0 Å². The SMILES string of the molecule is Cc1ccc(CN(C)c2ncccc2[C@H](C)N)o1. The molecule has 0 aliphatic rings. The van der Waals surface area contributed by atoms with Crippen molar-refractivity contribution in [3.05, 3.63) is 47.5 Å². The zero-order chi connectivity index (χ0) is 13.1. The molecule has 0 unspecified atom stereocenters. The fraction of sp³-hybridized carbons (Fsp3) is 0.357. The summed E-state index contributed by atoms with van der Waals surface area (Å²) >= 11 is 0. The molecule has 96 valence electrons. The van der Waals surface area contributed by atoms with Crippen molar-refractivity contribution in [2.45, 2.75) is 26.4 Å². The molecule has 18 heavy (non-hydrogen) atoms. The van der Waals surface area contributed by atoms with Gasteiger partial charge in [-0.05, 0) is 32.0 Å². The zero-order valence-electron chi connectivity index (χ0n) is 11.1. The van der Waals surface area contributed by atoms with Crippen LogP contribution in [-0.4, -0.2) is 12.0 Å². The number of hydrogen-bond donors (Lipinski definition) is 1. The third kappa shape index (κ3) is 2.71. The molecular formula is C14H19N3O. The second-order valence-electron chi connectivity index (χ2n) is 4.57. The normalized spacial score (nSPS) is 12.4. The van der Waals surface area contributed by atoms with E-state index in [2.05, 4.69) is 9.88 Å². The summed E-state index contributed by atoms with van der Waals surface area (Å²) in [5.41, 5.74) is 7.00. The molecule has 0 amide bonds. The van der Waals surface area contributed by atoms with Crippen molar-refractivity contribution >= 4 is 5.82 Å². The monoisotopic (exact) mass is 245 g/mol. The Morgan fingerprint density at radius 2 is 2.17 bits per heavy atom. The Hall–Kier alpha value is -1.81. The lowest BCUT2D eigenvalue weighted by Crippen LogP contribution is -2.21. The van der Waals surface area contributed by atoms with Gasteiger partial charge in [0.1, 0.15) is 17.3 Å². The van der Waals surface area contributed by atoms with Crippen molar-refractivity contribution in [1.82, 2.24) is 4.98 Å². The highest BCUT2D eigenvalue weighted by atomic mass is 16.3. The molecule has 2 aromatic heterocycles. The minimum absolute atomic E-state index is 0.0329. The molecule has 0 saturated heterocycles. The quantitative estimate of drug-likeness (QED) is 0.899. The number of aromatic nitrogens is 1. The molecule has 0 spiro atoms. The van der Waals surface area contributed by atoms with E-state index in [9.17, 15) is 0 Å². The molecule has 4 heteroatoms. The van der Waals surface area contributed by atoms with Crippen LogP contribution in [0.25, 0.3) is 0 Å². The molecule has 0 radical (unpaired) electrons. The predicted octanol–water partition coefficient (Wildman–Crippen LogP) is 2.64. The second kappa shape index (κ2) is 5.23. The molecule has 0 aromatic carbocycles. The molecule has 2 N–H and O–H groups in total. The lowest BCUT2D eigenvalue weighted by atomic mass is 10.1. The fourth-order valence-electron chi connectivity index (χ4n) is 1.96. The van der Waals surface area contributed by atoms with Gasteiger partial charge in [-0.3, -0.25) is 0 Å². The van der Waals surface area contributed by atoms with E-state index in [4.69, 9.17) is 10.2 Å². The Labute approximate surface area is 107 Å². The number of nitrogens with zero attached hydrogens (tertiary/aromatic N) is 2. The van der Waals surface area contributed by atoms with Crippen LogP contribution in [0, 0.1) is 6.92 Å². The lowest BCUT2D eigenvalue weighted by Gasteiger charge is -2.21. The van der Waals surface area contributed by atoms with Gasteiger partial charge in [0, 0.05) is 24.8 Å². The van der Waals surface area contributed by atoms with Crippen molar-refractivity contribution in [2.24, 2.45) is 5.73 Å². The third-order valence-electron chi connectivity index (χ3n) is 2.86. The van der Waals surface area contributed by atoms with E-state index in [1.54, 1.807) is 6.20 Å². The summed E-state index contributed by atoms with van der Waals surface area (Å²) in [5.74, 6) is 2.75. The zero-order valence-corrected chi connectivity index (χ0v) is 11.1. The topological polar surface area (TPSA) is 55.3 Å². The molecule has 0 fully saturated rings. The number of furan rings is 1. The van der Waals surface area contributed by atoms with Gasteiger partial charge in [-0.15, -0.1) is 0 Å². The second-order valence-corrected chi connectivity index (χ2v) is 4.57. The first kappa shape index (κ1) is 12.6. The maximum Gasteiger partial charge on any atom is 0.133 e. The van der Waals surface area contributed by atoms with E-state index in [1.807, 2.05) is 45.2 Å². The van der Waals surface area contributed by atoms with E-state index in [0.717, 1.165) is 22.9 Å². The van der Waals surface area contributed by atoms with Gasteiger partial charge in [0.15, 0.2) is 0 Å². The summed E-state index contributed by atoms with van der Waals surface area (Å²) in [4.78, 5) is 6.46. The fourth-order valence-corrected chi connectivity index (χ4v) is 1.96. The summed E-state index contributed by atoms with van der Waals surface area (Å²) in [6.07, 6.45) is 1.78. The van der Waals surface area contributed by atoms with E-state index < -0.39 is 0 Å². The molecule has 0 aliphatic heterocycles. The predicted molar refractivity (Wildman–Crippen MR) is 72.4 cm³/mol. The van der Waals surface area contributed by atoms with Crippen LogP contribution in [0.3, 0.4) is 0 Å². The smallest absolute Gasteiger partial charge is 0.133 e. The van der Waals surface area contributed by atoms with Crippen LogP contribution in [0.5, 0.6) is 0 Å². The van der Waals surface area contributed by atoms with Gasteiger partial charge in [-0.1, -0.05) is 6.07 Å². The maximum atomic E-state index is 5.96. The van der Waals surface area contributed by atoms with Gasteiger partial charge in [0.25, 0.3) is 0 Å². The molecular weight excluding hydrogens is 226 g/mol. The average molecular weight is 245 g/mol. The summed E-state index contributed by atoms with van der Waals surface area (Å²) in [7, 11) is 1.99. The van der Waals surface area contributed by atoms with Crippen molar-refractivity contribution in [2.75, 3.05) is 11.9 Å². The number of anilines is 1. The van der Waals surface area contributed by atoms with Crippen LogP contribution in [-0.2, 0) is 6.54 Å². The summed E-state index contributed by atoms with van der Waals surface area (Å²) in [5, 5.41) is 0. The number of rotatable bonds is 4. The van der Waals surface area contributed by atoms with Gasteiger partial charge in [0.05, 0.1) is 6.54 Å². The number of aryl methyl sites for hydroxylation is 1. The van der Waals surface area contributed by atoms with Gasteiger partial charge in [-0.25, -0.2) is 4.98 Å². The molecule has 2 aromatic rings. The van der Waals surface area contributed by atoms with Gasteiger partial charge in [0.2, 0.25) is 0 Å². The lowest BCUT2D eigenvalue weighted by molar-refractivity contribution is 0.481. The Morgan fingerprint density at radius 1 is 1.39 bits per heavy atom. The average Bonchev–Trinajstić information content (AvgIpc) is 2.74. The van der Waals surface area contributed by atoms with E-state index in [0.29, 0.717) is 6.54 Å². The van der Waals surface area contributed by atoms with Crippen LogP contribution in [0.15, 0.2) is 34.9 Å². The highest BCUT2D eigenvalue weighted by molar-refractivity contribution is 5.47.